The predicted molar refractivity (Wildman–Crippen MR) is 46.8 cm³/mol. The molecule has 1 aromatic rings. The van der Waals surface area contributed by atoms with Crippen molar-refractivity contribution in [2.24, 2.45) is 0 Å². The lowest BCUT2D eigenvalue weighted by atomic mass is 10.6. The minimum absolute atomic E-state index is 0.194. The summed E-state index contributed by atoms with van der Waals surface area (Å²) in [5.41, 5.74) is 5.34. The Balaban J connectivity index is 2.63. The van der Waals surface area contributed by atoms with Crippen LogP contribution in [0, 0.1) is 0 Å². The second-order valence-electron chi connectivity index (χ2n) is 2.32. The smallest absolute Gasteiger partial charge is 0.239 e. The monoisotopic (exact) mass is 186 g/mol. The van der Waals surface area contributed by atoms with Crippen LogP contribution in [0.2, 0.25) is 0 Å². The average Bonchev–Trinajstić information content (AvgIpc) is 2.51. The number of nitrogens with one attached hydrogen (secondary N) is 1. The van der Waals surface area contributed by atoms with Crippen molar-refractivity contribution in [1.82, 2.24) is 15.2 Å². The normalized spacial score (nSPS) is 11.0. The molecule has 13 heavy (non-hydrogen) atoms. The molecule has 0 radical (unpaired) electrons. The first-order chi connectivity index (χ1) is 6.27. The van der Waals surface area contributed by atoms with Crippen molar-refractivity contribution in [3.05, 3.63) is 5.82 Å². The van der Waals surface area contributed by atoms with E-state index in [4.69, 9.17) is 15.2 Å². The van der Waals surface area contributed by atoms with Crippen molar-refractivity contribution in [1.29, 1.82) is 0 Å². The molecule has 3 N–H and O–H groups in total. The van der Waals surface area contributed by atoms with Gasteiger partial charge in [-0.25, -0.2) is 0 Å². The van der Waals surface area contributed by atoms with E-state index < -0.39 is 6.29 Å². The van der Waals surface area contributed by atoms with E-state index in [9.17, 15) is 0 Å². The van der Waals surface area contributed by atoms with E-state index in [1.54, 1.807) is 0 Å². The Morgan fingerprint density at radius 3 is 2.38 bits per heavy atom. The molecule has 0 saturated carbocycles. The van der Waals surface area contributed by atoms with Crippen LogP contribution in [0.1, 0.15) is 26.0 Å². The lowest BCUT2D eigenvalue weighted by Gasteiger charge is -2.13. The van der Waals surface area contributed by atoms with Gasteiger partial charge in [0.2, 0.25) is 12.2 Å². The van der Waals surface area contributed by atoms with Crippen LogP contribution in [0.4, 0.5) is 5.95 Å². The molecule has 1 heterocycles. The summed E-state index contributed by atoms with van der Waals surface area (Å²) in [7, 11) is 0. The maximum atomic E-state index is 5.34. The highest BCUT2D eigenvalue weighted by atomic mass is 16.7. The Morgan fingerprint density at radius 1 is 1.38 bits per heavy atom. The molecule has 0 atom stereocenters. The Bertz CT molecular complexity index is 244. The van der Waals surface area contributed by atoms with Gasteiger partial charge in [-0.1, -0.05) is 0 Å². The van der Waals surface area contributed by atoms with Gasteiger partial charge in [-0.3, -0.25) is 5.10 Å². The first-order valence-corrected chi connectivity index (χ1v) is 4.18. The quantitative estimate of drug-likeness (QED) is 0.652. The van der Waals surface area contributed by atoms with E-state index in [1.807, 2.05) is 13.8 Å². The highest BCUT2D eigenvalue weighted by molar-refractivity contribution is 5.12. The van der Waals surface area contributed by atoms with Gasteiger partial charge < -0.3 is 15.2 Å². The first-order valence-electron chi connectivity index (χ1n) is 4.18. The minimum Gasteiger partial charge on any atom is -0.367 e. The fourth-order valence-corrected chi connectivity index (χ4v) is 0.902. The number of aromatic amines is 1. The minimum atomic E-state index is -0.500. The third kappa shape index (κ3) is 2.67. The molecule has 0 aromatic carbocycles. The molecule has 74 valence electrons. The highest BCUT2D eigenvalue weighted by Gasteiger charge is 2.15. The maximum absolute atomic E-state index is 5.34. The number of anilines is 1. The largest absolute Gasteiger partial charge is 0.367 e. The van der Waals surface area contributed by atoms with Crippen LogP contribution in [0.5, 0.6) is 0 Å². The molecule has 0 aliphatic rings. The number of nitrogen functional groups attached to an aromatic ring is 1. The molecule has 0 spiro atoms. The van der Waals surface area contributed by atoms with Crippen LogP contribution < -0.4 is 5.73 Å². The van der Waals surface area contributed by atoms with Gasteiger partial charge in [0.25, 0.3) is 0 Å². The van der Waals surface area contributed by atoms with Gasteiger partial charge in [-0.15, -0.1) is 5.10 Å². The van der Waals surface area contributed by atoms with Gasteiger partial charge in [0.15, 0.2) is 5.82 Å². The van der Waals surface area contributed by atoms with Gasteiger partial charge in [-0.2, -0.15) is 4.98 Å². The molecule has 0 aliphatic heterocycles. The summed E-state index contributed by atoms with van der Waals surface area (Å²) in [5, 5.41) is 6.32. The van der Waals surface area contributed by atoms with E-state index in [2.05, 4.69) is 15.2 Å². The fourth-order valence-electron chi connectivity index (χ4n) is 0.902. The number of aromatic nitrogens is 3. The lowest BCUT2D eigenvalue weighted by Crippen LogP contribution is -2.10. The van der Waals surface area contributed by atoms with E-state index in [0.29, 0.717) is 19.0 Å². The molecular weight excluding hydrogens is 172 g/mol. The molecule has 0 bridgehead atoms. The molecule has 0 fully saturated rings. The van der Waals surface area contributed by atoms with Crippen LogP contribution in [0.15, 0.2) is 0 Å². The molecule has 6 heteroatoms. The summed E-state index contributed by atoms with van der Waals surface area (Å²) in [6, 6.07) is 0. The second-order valence-corrected chi connectivity index (χ2v) is 2.32. The van der Waals surface area contributed by atoms with Crippen molar-refractivity contribution in [3.63, 3.8) is 0 Å². The van der Waals surface area contributed by atoms with Gasteiger partial charge in [0, 0.05) is 13.2 Å². The van der Waals surface area contributed by atoms with Crippen LogP contribution >= 0.6 is 0 Å². The Labute approximate surface area is 76.4 Å². The first kappa shape index (κ1) is 9.94. The average molecular weight is 186 g/mol. The van der Waals surface area contributed by atoms with Crippen LogP contribution in [0.3, 0.4) is 0 Å². The highest BCUT2D eigenvalue weighted by Crippen LogP contribution is 2.14. The standard InChI is InChI=1S/C7H14N4O2/c1-3-12-6(13-4-2)5-9-7(8)11-10-5/h6H,3-4H2,1-2H3,(H3,8,9,10,11). The molecule has 1 aromatic heterocycles. The number of H-pyrrole nitrogens is 1. The predicted octanol–water partition coefficient (Wildman–Crippen LogP) is 0.458. The summed E-state index contributed by atoms with van der Waals surface area (Å²) in [5.74, 6) is 0.695. The number of hydrogen-bond acceptors (Lipinski definition) is 5. The Kier molecular flexibility index (Phi) is 3.66. The van der Waals surface area contributed by atoms with E-state index >= 15 is 0 Å². The number of nitrogens with zero attached hydrogens (tertiary/aromatic N) is 2. The van der Waals surface area contributed by atoms with Crippen molar-refractivity contribution in [2.45, 2.75) is 20.1 Å². The zero-order valence-corrected chi connectivity index (χ0v) is 7.78. The van der Waals surface area contributed by atoms with Crippen molar-refractivity contribution >= 4 is 5.95 Å². The van der Waals surface area contributed by atoms with E-state index in [1.165, 1.54) is 0 Å². The zero-order chi connectivity index (χ0) is 9.68. The Hall–Kier alpha value is -1.14. The molecule has 1 rings (SSSR count). The second kappa shape index (κ2) is 4.78. The summed E-state index contributed by atoms with van der Waals surface area (Å²) >= 11 is 0. The number of rotatable bonds is 5. The van der Waals surface area contributed by atoms with E-state index in [-0.39, 0.29) is 5.95 Å². The van der Waals surface area contributed by atoms with Crippen LogP contribution in [-0.2, 0) is 9.47 Å². The molecule has 0 aliphatic carbocycles. The third-order valence-corrected chi connectivity index (χ3v) is 1.38. The van der Waals surface area contributed by atoms with Crippen molar-refractivity contribution in [2.75, 3.05) is 18.9 Å². The molecule has 0 unspecified atom stereocenters. The summed E-state index contributed by atoms with van der Waals surface area (Å²) in [6.45, 7) is 4.86. The van der Waals surface area contributed by atoms with Gasteiger partial charge >= 0.3 is 0 Å². The summed E-state index contributed by atoms with van der Waals surface area (Å²) in [4.78, 5) is 3.91. The number of hydrogen-bond donors (Lipinski definition) is 2. The SMILES string of the molecule is CCOC(OCC)c1nc(N)n[nH]1. The summed E-state index contributed by atoms with van der Waals surface area (Å²) < 4.78 is 10.5. The topological polar surface area (TPSA) is 86.1 Å². The number of nitrogens with two attached hydrogens (primary N) is 1. The fraction of sp³-hybridized carbons (Fsp3) is 0.714. The molecule has 0 saturated heterocycles. The maximum Gasteiger partial charge on any atom is 0.239 e. The molecular formula is C7H14N4O2. The molecule has 0 amide bonds. The lowest BCUT2D eigenvalue weighted by molar-refractivity contribution is -0.145. The van der Waals surface area contributed by atoms with Crippen LogP contribution in [-0.4, -0.2) is 28.4 Å². The molecule has 6 nitrogen and oxygen atoms in total. The van der Waals surface area contributed by atoms with Gasteiger partial charge in [0.05, 0.1) is 0 Å². The third-order valence-electron chi connectivity index (χ3n) is 1.38. The van der Waals surface area contributed by atoms with Crippen molar-refractivity contribution < 1.29 is 9.47 Å². The van der Waals surface area contributed by atoms with Crippen LogP contribution in [0.25, 0.3) is 0 Å². The summed E-state index contributed by atoms with van der Waals surface area (Å²) in [6.07, 6.45) is -0.500. The van der Waals surface area contributed by atoms with E-state index in [0.717, 1.165) is 0 Å². The zero-order valence-electron chi connectivity index (χ0n) is 7.78. The van der Waals surface area contributed by atoms with Gasteiger partial charge in [-0.05, 0) is 13.8 Å². The number of ether oxygens (including phenoxy) is 2. The van der Waals surface area contributed by atoms with Gasteiger partial charge in [0.1, 0.15) is 0 Å². The van der Waals surface area contributed by atoms with Crippen molar-refractivity contribution in [3.8, 4) is 0 Å². The Morgan fingerprint density at radius 2 is 2.00 bits per heavy atom.